The van der Waals surface area contributed by atoms with E-state index in [4.69, 9.17) is 4.74 Å². The monoisotopic (exact) mass is 480 g/mol. The van der Waals surface area contributed by atoms with Crippen molar-refractivity contribution in [2.75, 3.05) is 13.2 Å². The Morgan fingerprint density at radius 1 is 0.943 bits per heavy atom. The molecule has 0 spiro atoms. The Hall–Kier alpha value is -3.35. The molecular weight excluding hydrogens is 444 g/mol. The molecule has 7 heteroatoms. The highest BCUT2D eigenvalue weighted by molar-refractivity contribution is 5.87. The number of carbonyl (C=O) groups is 3. The Morgan fingerprint density at radius 2 is 1.46 bits per heavy atom. The van der Waals surface area contributed by atoms with Crippen molar-refractivity contribution in [2.45, 2.75) is 59.4 Å². The van der Waals surface area contributed by atoms with Crippen LogP contribution in [0.25, 0.3) is 11.1 Å². The molecule has 0 fully saturated rings. The Labute approximate surface area is 207 Å². The maximum atomic E-state index is 13.0. The number of benzene rings is 2. The van der Waals surface area contributed by atoms with Gasteiger partial charge < -0.3 is 20.5 Å². The predicted octanol–water partition coefficient (Wildman–Crippen LogP) is 4.95. The number of hydrogen-bond acceptors (Lipinski definition) is 4. The Balaban J connectivity index is 1.68. The molecule has 0 bridgehead atoms. The number of amides is 2. The van der Waals surface area contributed by atoms with Crippen molar-refractivity contribution < 1.29 is 24.2 Å². The number of carboxylic acid groups (broad SMARTS) is 1. The molecule has 3 N–H and O–H groups in total. The standard InChI is InChI=1S/C28H36N2O5/c1-6-28(7-2,25(32)33)17-29-24(31)23(27(3,4)5)30-26(34)35-16-22-20-14-10-8-12-18(20)19-13-9-11-15-21(19)22/h8-15,22-23H,6-7,16-17H2,1-5H3,(H,29,31)(H,30,34)(H,32,33)/t23-/m1/s1. The largest absolute Gasteiger partial charge is 0.481 e. The van der Waals surface area contributed by atoms with Gasteiger partial charge in [0.15, 0.2) is 0 Å². The Kier molecular flexibility index (Phi) is 7.88. The third-order valence-electron chi connectivity index (χ3n) is 7.14. The first-order valence-corrected chi connectivity index (χ1v) is 12.2. The molecule has 2 aromatic rings. The maximum Gasteiger partial charge on any atom is 0.407 e. The van der Waals surface area contributed by atoms with Crippen molar-refractivity contribution in [2.24, 2.45) is 10.8 Å². The molecule has 188 valence electrons. The summed E-state index contributed by atoms with van der Waals surface area (Å²) in [6.07, 6.45) is 0.0931. The minimum Gasteiger partial charge on any atom is -0.481 e. The maximum absolute atomic E-state index is 13.0. The van der Waals surface area contributed by atoms with Crippen molar-refractivity contribution in [3.8, 4) is 11.1 Å². The second-order valence-corrected chi connectivity index (χ2v) is 10.3. The lowest BCUT2D eigenvalue weighted by Crippen LogP contribution is -2.55. The quantitative estimate of drug-likeness (QED) is 0.471. The summed E-state index contributed by atoms with van der Waals surface area (Å²) in [7, 11) is 0. The molecule has 0 unspecified atom stereocenters. The van der Waals surface area contributed by atoms with Gasteiger partial charge in [-0.05, 0) is 40.5 Å². The van der Waals surface area contributed by atoms with Gasteiger partial charge in [-0.1, -0.05) is 83.1 Å². The summed E-state index contributed by atoms with van der Waals surface area (Å²) < 4.78 is 5.62. The minimum atomic E-state index is -1.04. The molecule has 35 heavy (non-hydrogen) atoms. The van der Waals surface area contributed by atoms with Gasteiger partial charge in [0.25, 0.3) is 0 Å². The van der Waals surface area contributed by atoms with Gasteiger partial charge in [0.1, 0.15) is 12.6 Å². The molecule has 1 aliphatic carbocycles. The van der Waals surface area contributed by atoms with E-state index in [9.17, 15) is 19.5 Å². The normalized spacial score (nSPS) is 14.0. The number of alkyl carbamates (subject to hydrolysis) is 1. The van der Waals surface area contributed by atoms with Gasteiger partial charge in [-0.3, -0.25) is 9.59 Å². The topological polar surface area (TPSA) is 105 Å². The highest BCUT2D eigenvalue weighted by Crippen LogP contribution is 2.44. The zero-order valence-electron chi connectivity index (χ0n) is 21.2. The van der Waals surface area contributed by atoms with Crippen LogP contribution in [-0.4, -0.2) is 42.3 Å². The molecular formula is C28H36N2O5. The second kappa shape index (κ2) is 10.5. The van der Waals surface area contributed by atoms with Crippen LogP contribution >= 0.6 is 0 Å². The number of rotatable bonds is 9. The minimum absolute atomic E-state index is 0.00683. The number of carbonyl (C=O) groups excluding carboxylic acids is 2. The molecule has 2 aromatic carbocycles. The number of carboxylic acids is 1. The van der Waals surface area contributed by atoms with Gasteiger partial charge in [-0.25, -0.2) is 4.79 Å². The van der Waals surface area contributed by atoms with Crippen LogP contribution in [0.3, 0.4) is 0 Å². The number of ether oxygens (including phenoxy) is 1. The summed E-state index contributed by atoms with van der Waals surface area (Å²) in [5, 5.41) is 15.1. The summed E-state index contributed by atoms with van der Waals surface area (Å²) in [5.41, 5.74) is 2.84. The van der Waals surface area contributed by atoms with E-state index in [1.807, 2.05) is 57.2 Å². The summed E-state index contributed by atoms with van der Waals surface area (Å²) in [6, 6.07) is 15.3. The van der Waals surface area contributed by atoms with Crippen LogP contribution in [0.2, 0.25) is 0 Å². The summed E-state index contributed by atoms with van der Waals surface area (Å²) in [6.45, 7) is 9.24. The van der Waals surface area contributed by atoms with Crippen molar-refractivity contribution in [3.05, 3.63) is 59.7 Å². The van der Waals surface area contributed by atoms with E-state index in [0.29, 0.717) is 12.8 Å². The van der Waals surface area contributed by atoms with Crippen LogP contribution in [0.5, 0.6) is 0 Å². The molecule has 0 saturated carbocycles. The molecule has 1 aliphatic rings. The van der Waals surface area contributed by atoms with Gasteiger partial charge in [0.05, 0.1) is 5.41 Å². The molecule has 0 aromatic heterocycles. The van der Waals surface area contributed by atoms with E-state index in [1.54, 1.807) is 13.8 Å². The number of fused-ring (bicyclic) bond motifs is 3. The third kappa shape index (κ3) is 5.50. The second-order valence-electron chi connectivity index (χ2n) is 10.3. The number of aliphatic carboxylic acids is 1. The number of hydrogen-bond donors (Lipinski definition) is 3. The van der Waals surface area contributed by atoms with E-state index < -0.39 is 34.8 Å². The molecule has 7 nitrogen and oxygen atoms in total. The SMILES string of the molecule is CCC(CC)(CNC(=O)[C@@H](NC(=O)OCC1c2ccccc2-c2ccccc21)C(C)(C)C)C(=O)O. The van der Waals surface area contributed by atoms with Gasteiger partial charge in [-0.2, -0.15) is 0 Å². The summed E-state index contributed by atoms with van der Waals surface area (Å²) in [5.74, 6) is -1.46. The van der Waals surface area contributed by atoms with E-state index in [1.165, 1.54) is 0 Å². The molecule has 0 heterocycles. The molecule has 1 atom stereocenters. The van der Waals surface area contributed by atoms with Crippen LogP contribution in [-0.2, 0) is 14.3 Å². The molecule has 2 amide bonds. The lowest BCUT2D eigenvalue weighted by atomic mass is 9.81. The Bertz CT molecular complexity index is 1040. The number of nitrogens with one attached hydrogen (secondary N) is 2. The van der Waals surface area contributed by atoms with Crippen LogP contribution in [0.1, 0.15) is 64.5 Å². The molecule has 0 saturated heterocycles. The zero-order valence-corrected chi connectivity index (χ0v) is 21.2. The van der Waals surface area contributed by atoms with Crippen molar-refractivity contribution in [1.29, 1.82) is 0 Å². The average Bonchev–Trinajstić information content (AvgIpc) is 3.15. The fourth-order valence-electron chi connectivity index (χ4n) is 4.67. The first-order chi connectivity index (χ1) is 16.5. The zero-order chi connectivity index (χ0) is 25.8. The van der Waals surface area contributed by atoms with E-state index in [2.05, 4.69) is 22.8 Å². The van der Waals surface area contributed by atoms with Gasteiger partial charge in [0, 0.05) is 12.5 Å². The van der Waals surface area contributed by atoms with Gasteiger partial charge in [0.2, 0.25) is 5.91 Å². The van der Waals surface area contributed by atoms with Crippen molar-refractivity contribution in [1.82, 2.24) is 10.6 Å². The first-order valence-electron chi connectivity index (χ1n) is 12.2. The lowest BCUT2D eigenvalue weighted by Gasteiger charge is -2.32. The highest BCUT2D eigenvalue weighted by Gasteiger charge is 2.38. The molecule has 3 rings (SSSR count). The lowest BCUT2D eigenvalue weighted by molar-refractivity contribution is -0.149. The summed E-state index contributed by atoms with van der Waals surface area (Å²) >= 11 is 0. The smallest absolute Gasteiger partial charge is 0.407 e. The fourth-order valence-corrected chi connectivity index (χ4v) is 4.67. The van der Waals surface area contributed by atoms with E-state index >= 15 is 0 Å². The van der Waals surface area contributed by atoms with E-state index in [0.717, 1.165) is 22.3 Å². The average molecular weight is 481 g/mol. The van der Waals surface area contributed by atoms with Crippen LogP contribution in [0, 0.1) is 10.8 Å². The van der Waals surface area contributed by atoms with Crippen LogP contribution < -0.4 is 10.6 Å². The van der Waals surface area contributed by atoms with Crippen LogP contribution in [0.15, 0.2) is 48.5 Å². The molecule has 0 radical (unpaired) electrons. The fraction of sp³-hybridized carbons (Fsp3) is 0.464. The highest BCUT2D eigenvalue weighted by atomic mass is 16.5. The van der Waals surface area contributed by atoms with Crippen LogP contribution in [0.4, 0.5) is 4.79 Å². The van der Waals surface area contributed by atoms with Crippen molar-refractivity contribution in [3.63, 3.8) is 0 Å². The van der Waals surface area contributed by atoms with E-state index in [-0.39, 0.29) is 19.1 Å². The first kappa shape index (κ1) is 26.3. The van der Waals surface area contributed by atoms with Gasteiger partial charge in [-0.15, -0.1) is 0 Å². The Morgan fingerprint density at radius 3 is 1.91 bits per heavy atom. The third-order valence-corrected chi connectivity index (χ3v) is 7.14. The predicted molar refractivity (Wildman–Crippen MR) is 135 cm³/mol. The van der Waals surface area contributed by atoms with Crippen molar-refractivity contribution >= 4 is 18.0 Å². The molecule has 0 aliphatic heterocycles. The van der Waals surface area contributed by atoms with Gasteiger partial charge >= 0.3 is 12.1 Å². The summed E-state index contributed by atoms with van der Waals surface area (Å²) in [4.78, 5) is 37.6.